The fraction of sp³-hybridized carbons (Fsp3) is 0.400. The topological polar surface area (TPSA) is 4.93 Å². The molecule has 0 radical (unpaired) electrons. The van der Waals surface area contributed by atoms with Gasteiger partial charge in [0.1, 0.15) is 0 Å². The van der Waals surface area contributed by atoms with Crippen molar-refractivity contribution in [2.45, 2.75) is 59.4 Å². The summed E-state index contributed by atoms with van der Waals surface area (Å²) in [5.74, 6) is 0.560. The van der Waals surface area contributed by atoms with Crippen LogP contribution in [0.2, 0.25) is 0 Å². The summed E-state index contributed by atoms with van der Waals surface area (Å²) in [6, 6.07) is 11.0. The number of para-hydroxylation sites is 1. The third-order valence-electron chi connectivity index (χ3n) is 6.06. The van der Waals surface area contributed by atoms with E-state index < -0.39 is 0 Å². The highest BCUT2D eigenvalue weighted by Gasteiger charge is 2.26. The first-order valence-electron chi connectivity index (χ1n) is 10.6. The lowest BCUT2D eigenvalue weighted by atomic mass is 9.86. The van der Waals surface area contributed by atoms with Crippen molar-refractivity contribution in [2.24, 2.45) is 5.92 Å². The molecule has 0 fully saturated rings. The van der Waals surface area contributed by atoms with E-state index in [1.807, 2.05) is 11.3 Å². The Balaban J connectivity index is 1.87. The molecule has 0 amide bonds. The second kappa shape index (κ2) is 8.34. The maximum Gasteiger partial charge on any atom is 0.0508 e. The van der Waals surface area contributed by atoms with Crippen molar-refractivity contribution in [3.63, 3.8) is 0 Å². The van der Waals surface area contributed by atoms with E-state index in [2.05, 4.69) is 67.1 Å². The Morgan fingerprint density at radius 2 is 2.00 bits per heavy atom. The largest absolute Gasteiger partial charge is 0.344 e. The minimum absolute atomic E-state index is 0.560. The van der Waals surface area contributed by atoms with Gasteiger partial charge in [0.15, 0.2) is 0 Å². The Morgan fingerprint density at radius 1 is 1.18 bits per heavy atom. The molecule has 0 aliphatic heterocycles. The van der Waals surface area contributed by atoms with Crippen LogP contribution in [-0.2, 0) is 13.0 Å². The highest BCUT2D eigenvalue weighted by Crippen LogP contribution is 2.37. The molecule has 1 aliphatic rings. The number of hydrogen-bond acceptors (Lipinski definition) is 2. The Hall–Kier alpha value is -1.71. The Bertz CT molecular complexity index is 1030. The Labute approximate surface area is 178 Å². The van der Waals surface area contributed by atoms with Crippen LogP contribution in [0.5, 0.6) is 0 Å². The van der Waals surface area contributed by atoms with Crippen LogP contribution in [0.15, 0.2) is 41.3 Å². The third-order valence-corrected chi connectivity index (χ3v) is 7.49. The van der Waals surface area contributed by atoms with E-state index in [1.54, 1.807) is 0 Å². The first-order valence-corrected chi connectivity index (χ1v) is 11.8. The Kier molecular flexibility index (Phi) is 5.84. The third kappa shape index (κ3) is 3.40. The highest BCUT2D eigenvalue weighted by molar-refractivity contribution is 7.81. The molecule has 1 aromatic carbocycles. The molecular weight excluding hydrogens is 378 g/mol. The summed E-state index contributed by atoms with van der Waals surface area (Å²) in [6.07, 6.45) is 8.34. The van der Waals surface area contributed by atoms with Gasteiger partial charge in [-0.25, -0.2) is 0 Å². The molecule has 3 aromatic rings. The normalized spacial score (nSPS) is 16.7. The van der Waals surface area contributed by atoms with E-state index in [0.717, 1.165) is 17.8 Å². The molecule has 2 aromatic heterocycles. The molecular formula is C25H29NS2. The van der Waals surface area contributed by atoms with Crippen molar-refractivity contribution in [3.8, 4) is 0 Å². The summed E-state index contributed by atoms with van der Waals surface area (Å²) in [6.45, 7) is 7.83. The number of nitrogens with zero attached hydrogens (tertiary/aromatic N) is 1. The van der Waals surface area contributed by atoms with E-state index in [-0.39, 0.29) is 0 Å². The molecule has 1 atom stereocenters. The van der Waals surface area contributed by atoms with Gasteiger partial charge in [0, 0.05) is 33.6 Å². The molecule has 28 heavy (non-hydrogen) atoms. The van der Waals surface area contributed by atoms with Crippen LogP contribution >= 0.6 is 23.6 Å². The smallest absolute Gasteiger partial charge is 0.0508 e. The van der Waals surface area contributed by atoms with Crippen LogP contribution in [0, 0.1) is 12.8 Å². The molecule has 0 N–H and O–H groups in total. The number of aromatic nitrogens is 1. The standard InChI is InChI=1S/C25H29NS2/c1-4-8-18-11-12-23-19(13-15-28-23)16-21(18)25(27)24-17(3)26(14-5-2)22-10-7-6-9-20(22)24/h6-7,9-10,13,15-16,18H,4-5,8,11-12,14H2,1-3H3. The predicted octanol–water partition coefficient (Wildman–Crippen LogP) is 7.59. The van der Waals surface area contributed by atoms with Gasteiger partial charge in [-0.15, -0.1) is 11.3 Å². The lowest BCUT2D eigenvalue weighted by Gasteiger charge is -2.20. The molecule has 146 valence electrons. The zero-order chi connectivity index (χ0) is 19.7. The Morgan fingerprint density at radius 3 is 2.79 bits per heavy atom. The molecule has 3 heteroatoms. The molecule has 0 bridgehead atoms. The van der Waals surface area contributed by atoms with Gasteiger partial charge in [0.25, 0.3) is 0 Å². The first kappa shape index (κ1) is 19.6. The minimum Gasteiger partial charge on any atom is -0.344 e. The summed E-state index contributed by atoms with van der Waals surface area (Å²) in [5.41, 5.74) is 6.69. The average Bonchev–Trinajstić information content (AvgIpc) is 3.20. The lowest BCUT2D eigenvalue weighted by molar-refractivity contribution is 0.532. The number of fused-ring (bicyclic) bond motifs is 2. The van der Waals surface area contributed by atoms with Crippen molar-refractivity contribution >= 4 is 45.4 Å². The van der Waals surface area contributed by atoms with Gasteiger partial charge in [-0.3, -0.25) is 0 Å². The van der Waals surface area contributed by atoms with Crippen LogP contribution in [0.25, 0.3) is 17.0 Å². The predicted molar refractivity (Wildman–Crippen MR) is 128 cm³/mol. The van der Waals surface area contributed by atoms with Crippen LogP contribution in [0.4, 0.5) is 0 Å². The summed E-state index contributed by atoms with van der Waals surface area (Å²) in [5, 5.41) is 3.53. The summed E-state index contributed by atoms with van der Waals surface area (Å²) < 4.78 is 2.46. The van der Waals surface area contributed by atoms with Crippen LogP contribution in [0.3, 0.4) is 0 Å². The SMILES string of the molecule is CCCC1CCc2sccc2C=C1C(=S)c1c(C)n(CCC)c2ccccc12. The van der Waals surface area contributed by atoms with Crippen LogP contribution < -0.4 is 0 Å². The van der Waals surface area contributed by atoms with Gasteiger partial charge in [0.2, 0.25) is 0 Å². The van der Waals surface area contributed by atoms with Crippen molar-refractivity contribution in [3.05, 3.63) is 63.0 Å². The molecule has 0 saturated carbocycles. The van der Waals surface area contributed by atoms with Gasteiger partial charge in [0.05, 0.1) is 4.86 Å². The molecule has 0 saturated heterocycles. The second-order valence-corrected chi connectivity index (χ2v) is 9.29. The molecule has 0 spiro atoms. The molecule has 2 heterocycles. The van der Waals surface area contributed by atoms with E-state index in [1.165, 1.54) is 63.9 Å². The maximum absolute atomic E-state index is 6.23. The van der Waals surface area contributed by atoms with E-state index in [0.29, 0.717) is 5.92 Å². The molecule has 1 unspecified atom stereocenters. The number of hydrogen-bond donors (Lipinski definition) is 0. The first-order chi connectivity index (χ1) is 13.7. The summed E-state index contributed by atoms with van der Waals surface area (Å²) >= 11 is 8.12. The van der Waals surface area contributed by atoms with Crippen molar-refractivity contribution in [2.75, 3.05) is 0 Å². The van der Waals surface area contributed by atoms with E-state index >= 15 is 0 Å². The number of benzene rings is 1. The van der Waals surface area contributed by atoms with E-state index in [9.17, 15) is 0 Å². The molecule has 1 aliphatic carbocycles. The maximum atomic E-state index is 6.23. The molecule has 4 rings (SSSR count). The average molecular weight is 408 g/mol. The van der Waals surface area contributed by atoms with Crippen LogP contribution in [-0.4, -0.2) is 9.43 Å². The lowest BCUT2D eigenvalue weighted by Crippen LogP contribution is -2.14. The number of thiophene rings is 1. The van der Waals surface area contributed by atoms with Gasteiger partial charge < -0.3 is 4.57 Å². The minimum atomic E-state index is 0.560. The monoisotopic (exact) mass is 407 g/mol. The zero-order valence-corrected chi connectivity index (χ0v) is 18.8. The molecule has 1 nitrogen and oxygen atoms in total. The fourth-order valence-electron chi connectivity index (χ4n) is 4.70. The van der Waals surface area contributed by atoms with Crippen LogP contribution in [0.1, 0.15) is 61.2 Å². The number of thiocarbonyl (C=S) groups is 1. The summed E-state index contributed by atoms with van der Waals surface area (Å²) in [4.78, 5) is 2.59. The van der Waals surface area contributed by atoms with Crippen molar-refractivity contribution < 1.29 is 0 Å². The van der Waals surface area contributed by atoms with Gasteiger partial charge in [-0.05, 0) is 73.3 Å². The number of rotatable bonds is 6. The highest BCUT2D eigenvalue weighted by atomic mass is 32.1. The van der Waals surface area contributed by atoms with Gasteiger partial charge >= 0.3 is 0 Å². The van der Waals surface area contributed by atoms with E-state index in [4.69, 9.17) is 12.2 Å². The van der Waals surface area contributed by atoms with Crippen molar-refractivity contribution in [1.29, 1.82) is 0 Å². The number of aryl methyl sites for hydroxylation is 2. The zero-order valence-electron chi connectivity index (χ0n) is 17.1. The fourth-order valence-corrected chi connectivity index (χ4v) is 6.06. The number of allylic oxidation sites excluding steroid dienone is 1. The van der Waals surface area contributed by atoms with Crippen molar-refractivity contribution in [1.82, 2.24) is 4.57 Å². The summed E-state index contributed by atoms with van der Waals surface area (Å²) in [7, 11) is 0. The van der Waals surface area contributed by atoms with Gasteiger partial charge in [-0.1, -0.05) is 50.7 Å². The quantitative estimate of drug-likeness (QED) is 0.301. The second-order valence-electron chi connectivity index (χ2n) is 7.88. The van der Waals surface area contributed by atoms with Gasteiger partial charge in [-0.2, -0.15) is 0 Å².